The van der Waals surface area contributed by atoms with Gasteiger partial charge in [-0.3, -0.25) is 9.48 Å². The smallest absolute Gasteiger partial charge is 0.291 e. The molecule has 1 amide bonds. The number of nitrogens with one attached hydrogen (secondary N) is 1. The molecule has 1 aliphatic carbocycles. The van der Waals surface area contributed by atoms with Gasteiger partial charge in [-0.1, -0.05) is 17.7 Å². The van der Waals surface area contributed by atoms with Crippen molar-refractivity contribution < 1.29 is 9.21 Å². The zero-order valence-electron chi connectivity index (χ0n) is 14.8. The van der Waals surface area contributed by atoms with Crippen molar-refractivity contribution in [2.75, 3.05) is 5.32 Å². The lowest BCUT2D eigenvalue weighted by atomic mass is 10.1. The standard InChI is InChI=1S/C20H20ClN3O2/c1-12-19(21)13(2)24(23-12)11-17-8-9-18(26-17)20(25)22-16-7-6-14-4-3-5-15(14)10-16/h6-10H,3-5,11H2,1-2H3,(H,22,25). The number of halogens is 1. The Labute approximate surface area is 157 Å². The summed E-state index contributed by atoms with van der Waals surface area (Å²) < 4.78 is 7.48. The fourth-order valence-corrected chi connectivity index (χ4v) is 3.54. The van der Waals surface area contributed by atoms with Crippen LogP contribution in [-0.4, -0.2) is 15.7 Å². The van der Waals surface area contributed by atoms with Gasteiger partial charge in [0.05, 0.1) is 23.0 Å². The summed E-state index contributed by atoms with van der Waals surface area (Å²) in [7, 11) is 0. The van der Waals surface area contributed by atoms with Crippen LogP contribution >= 0.6 is 11.6 Å². The van der Waals surface area contributed by atoms with E-state index in [0.29, 0.717) is 17.3 Å². The minimum atomic E-state index is -0.249. The number of aryl methyl sites for hydroxylation is 3. The van der Waals surface area contributed by atoms with E-state index in [0.717, 1.165) is 29.9 Å². The number of hydrogen-bond donors (Lipinski definition) is 1. The van der Waals surface area contributed by atoms with Gasteiger partial charge in [0.1, 0.15) is 5.76 Å². The van der Waals surface area contributed by atoms with Crippen molar-refractivity contribution in [1.29, 1.82) is 0 Å². The van der Waals surface area contributed by atoms with E-state index in [1.807, 2.05) is 19.9 Å². The summed E-state index contributed by atoms with van der Waals surface area (Å²) in [5.74, 6) is 0.695. The van der Waals surface area contributed by atoms with Crippen LogP contribution in [0.5, 0.6) is 0 Å². The van der Waals surface area contributed by atoms with E-state index in [1.165, 1.54) is 17.5 Å². The Morgan fingerprint density at radius 3 is 2.81 bits per heavy atom. The second-order valence-corrected chi connectivity index (χ2v) is 7.08. The van der Waals surface area contributed by atoms with Crippen LogP contribution in [0.1, 0.15) is 45.3 Å². The highest BCUT2D eigenvalue weighted by molar-refractivity contribution is 6.31. The van der Waals surface area contributed by atoms with Crippen LogP contribution < -0.4 is 5.32 Å². The van der Waals surface area contributed by atoms with Crippen molar-refractivity contribution in [2.24, 2.45) is 0 Å². The van der Waals surface area contributed by atoms with Gasteiger partial charge in [0, 0.05) is 5.69 Å². The number of fused-ring (bicyclic) bond motifs is 1. The highest BCUT2D eigenvalue weighted by atomic mass is 35.5. The number of benzene rings is 1. The van der Waals surface area contributed by atoms with E-state index in [4.69, 9.17) is 16.0 Å². The van der Waals surface area contributed by atoms with Crippen LogP contribution in [0.15, 0.2) is 34.7 Å². The van der Waals surface area contributed by atoms with Crippen molar-refractivity contribution in [3.05, 3.63) is 69.4 Å². The van der Waals surface area contributed by atoms with Crippen LogP contribution in [0.25, 0.3) is 0 Å². The van der Waals surface area contributed by atoms with Crippen LogP contribution in [0.4, 0.5) is 5.69 Å². The zero-order chi connectivity index (χ0) is 18.3. The van der Waals surface area contributed by atoms with Crippen molar-refractivity contribution in [3.63, 3.8) is 0 Å². The van der Waals surface area contributed by atoms with Crippen molar-refractivity contribution in [1.82, 2.24) is 9.78 Å². The third-order valence-electron chi connectivity index (χ3n) is 4.84. The van der Waals surface area contributed by atoms with Crippen LogP contribution in [0.3, 0.4) is 0 Å². The first-order valence-electron chi connectivity index (χ1n) is 8.72. The summed E-state index contributed by atoms with van der Waals surface area (Å²) in [6.07, 6.45) is 3.39. The molecule has 5 nitrogen and oxygen atoms in total. The van der Waals surface area contributed by atoms with Crippen molar-refractivity contribution in [2.45, 2.75) is 39.7 Å². The second kappa shape index (κ2) is 6.65. The van der Waals surface area contributed by atoms with Gasteiger partial charge in [-0.25, -0.2) is 0 Å². The number of hydrogen-bond acceptors (Lipinski definition) is 3. The molecule has 4 rings (SSSR count). The molecule has 1 N–H and O–H groups in total. The number of amides is 1. The monoisotopic (exact) mass is 369 g/mol. The third-order valence-corrected chi connectivity index (χ3v) is 5.39. The molecule has 0 saturated heterocycles. The van der Waals surface area contributed by atoms with E-state index < -0.39 is 0 Å². The summed E-state index contributed by atoms with van der Waals surface area (Å²) >= 11 is 6.17. The number of carbonyl (C=O) groups excluding carboxylic acids is 1. The number of nitrogens with zero attached hydrogens (tertiary/aromatic N) is 2. The van der Waals surface area contributed by atoms with Crippen molar-refractivity contribution >= 4 is 23.2 Å². The molecule has 0 atom stereocenters. The molecule has 0 saturated carbocycles. The number of furan rings is 1. The quantitative estimate of drug-likeness (QED) is 0.734. The van der Waals surface area contributed by atoms with Gasteiger partial charge < -0.3 is 9.73 Å². The van der Waals surface area contributed by atoms with Gasteiger partial charge in [-0.2, -0.15) is 5.10 Å². The molecule has 0 unspecified atom stereocenters. The van der Waals surface area contributed by atoms with E-state index in [2.05, 4.69) is 22.5 Å². The Hall–Kier alpha value is -2.53. The molecule has 2 heterocycles. The molecule has 2 aromatic heterocycles. The van der Waals surface area contributed by atoms with E-state index in [9.17, 15) is 4.79 Å². The Kier molecular flexibility index (Phi) is 4.32. The van der Waals surface area contributed by atoms with E-state index in [-0.39, 0.29) is 11.7 Å². The molecule has 1 aliphatic rings. The highest BCUT2D eigenvalue weighted by Crippen LogP contribution is 2.25. The molecule has 0 aliphatic heterocycles. The molecule has 1 aromatic carbocycles. The predicted molar refractivity (Wildman–Crippen MR) is 101 cm³/mol. The maximum Gasteiger partial charge on any atom is 0.291 e. The maximum atomic E-state index is 12.5. The maximum absolute atomic E-state index is 12.5. The minimum absolute atomic E-state index is 0.249. The molecule has 3 aromatic rings. The van der Waals surface area contributed by atoms with Crippen LogP contribution in [0, 0.1) is 13.8 Å². The predicted octanol–water partition coefficient (Wildman–Crippen LogP) is 4.54. The third kappa shape index (κ3) is 3.15. The van der Waals surface area contributed by atoms with Crippen LogP contribution in [-0.2, 0) is 19.4 Å². The lowest BCUT2D eigenvalue weighted by Gasteiger charge is -2.06. The zero-order valence-corrected chi connectivity index (χ0v) is 15.6. The molecule has 0 bridgehead atoms. The molecule has 0 radical (unpaired) electrons. The summed E-state index contributed by atoms with van der Waals surface area (Å²) in [6.45, 7) is 4.21. The average molecular weight is 370 g/mol. The molecule has 134 valence electrons. The Morgan fingerprint density at radius 1 is 1.23 bits per heavy atom. The Morgan fingerprint density at radius 2 is 2.04 bits per heavy atom. The first-order chi connectivity index (χ1) is 12.5. The SMILES string of the molecule is Cc1nn(Cc2ccc(C(=O)Nc3ccc4c(c3)CCC4)o2)c(C)c1Cl. The Balaban J connectivity index is 1.47. The normalized spacial score (nSPS) is 13.0. The number of anilines is 1. The fraction of sp³-hybridized carbons (Fsp3) is 0.300. The molecular formula is C20H20ClN3O2. The first-order valence-corrected chi connectivity index (χ1v) is 9.10. The number of rotatable bonds is 4. The van der Waals surface area contributed by atoms with Gasteiger partial charge >= 0.3 is 0 Å². The number of aromatic nitrogens is 2. The minimum Gasteiger partial charge on any atom is -0.454 e. The summed E-state index contributed by atoms with van der Waals surface area (Å²) in [6, 6.07) is 9.58. The molecule has 0 spiro atoms. The molecular weight excluding hydrogens is 350 g/mol. The topological polar surface area (TPSA) is 60.1 Å². The van der Waals surface area contributed by atoms with E-state index in [1.54, 1.807) is 16.8 Å². The van der Waals surface area contributed by atoms with Crippen LogP contribution in [0.2, 0.25) is 5.02 Å². The summed E-state index contributed by atoms with van der Waals surface area (Å²) in [5, 5.41) is 7.96. The van der Waals surface area contributed by atoms with Gasteiger partial charge in [0.2, 0.25) is 0 Å². The summed E-state index contributed by atoms with van der Waals surface area (Å²) in [5.41, 5.74) is 5.17. The van der Waals surface area contributed by atoms with Gasteiger partial charge in [0.15, 0.2) is 5.76 Å². The molecule has 6 heteroatoms. The number of carbonyl (C=O) groups is 1. The Bertz CT molecular complexity index is 987. The van der Waals surface area contributed by atoms with E-state index >= 15 is 0 Å². The van der Waals surface area contributed by atoms with Gasteiger partial charge in [-0.05, 0) is 68.5 Å². The summed E-state index contributed by atoms with van der Waals surface area (Å²) in [4.78, 5) is 12.5. The first kappa shape index (κ1) is 16.9. The lowest BCUT2D eigenvalue weighted by molar-refractivity contribution is 0.0994. The average Bonchev–Trinajstić information content (AvgIpc) is 3.32. The van der Waals surface area contributed by atoms with Gasteiger partial charge in [0.25, 0.3) is 5.91 Å². The highest BCUT2D eigenvalue weighted by Gasteiger charge is 2.16. The van der Waals surface area contributed by atoms with Gasteiger partial charge in [-0.15, -0.1) is 0 Å². The van der Waals surface area contributed by atoms with Crippen molar-refractivity contribution in [3.8, 4) is 0 Å². The lowest BCUT2D eigenvalue weighted by Crippen LogP contribution is -2.11. The molecule has 26 heavy (non-hydrogen) atoms. The fourth-order valence-electron chi connectivity index (χ4n) is 3.40. The second-order valence-electron chi connectivity index (χ2n) is 6.70. The largest absolute Gasteiger partial charge is 0.454 e. The molecule has 0 fully saturated rings.